The average molecular weight is 250 g/mol. The number of hydrogen-bond acceptors (Lipinski definition) is 3. The van der Waals surface area contributed by atoms with E-state index in [1.54, 1.807) is 6.92 Å². The zero-order chi connectivity index (χ0) is 12.3. The third-order valence-corrected chi connectivity index (χ3v) is 2.43. The third-order valence-electron chi connectivity index (χ3n) is 2.15. The van der Waals surface area contributed by atoms with Crippen LogP contribution >= 0.6 is 11.6 Å². The zero-order valence-electron chi connectivity index (χ0n) is 8.76. The molecule has 0 aliphatic heterocycles. The number of nitrogens with zero attached hydrogens (tertiary/aromatic N) is 1. The van der Waals surface area contributed by atoms with Gasteiger partial charge in [-0.1, -0.05) is 0 Å². The van der Waals surface area contributed by atoms with Gasteiger partial charge in [0, 0.05) is 5.88 Å². The Hall–Kier alpha value is -1.23. The summed E-state index contributed by atoms with van der Waals surface area (Å²) in [6.07, 6.45) is -2.74. The molecule has 1 aromatic rings. The van der Waals surface area contributed by atoms with Crippen molar-refractivity contribution in [1.29, 1.82) is 0 Å². The van der Waals surface area contributed by atoms with Gasteiger partial charge >= 0.3 is 5.97 Å². The standard InChI is InChI=1S/C10H10ClF2NO2/c1-5-6(4-11)3-7(9(12)13)14-8(5)10(15)16-2/h3,9H,4H2,1-2H3. The van der Waals surface area contributed by atoms with E-state index in [0.29, 0.717) is 11.1 Å². The molecule has 6 heteroatoms. The molecule has 1 aromatic heterocycles. The second-order valence-corrected chi connectivity index (χ2v) is 3.37. The van der Waals surface area contributed by atoms with Gasteiger partial charge in [0.2, 0.25) is 0 Å². The number of ether oxygens (including phenoxy) is 1. The van der Waals surface area contributed by atoms with Crippen LogP contribution in [0.2, 0.25) is 0 Å². The van der Waals surface area contributed by atoms with Crippen LogP contribution in [0.5, 0.6) is 0 Å². The lowest BCUT2D eigenvalue weighted by Gasteiger charge is -2.10. The van der Waals surface area contributed by atoms with Gasteiger partial charge in [-0.3, -0.25) is 0 Å². The van der Waals surface area contributed by atoms with Crippen molar-refractivity contribution in [2.24, 2.45) is 0 Å². The Bertz CT molecular complexity index is 410. The number of rotatable bonds is 3. The summed E-state index contributed by atoms with van der Waals surface area (Å²) in [5.74, 6) is -0.704. The molecule has 3 nitrogen and oxygen atoms in total. The summed E-state index contributed by atoms with van der Waals surface area (Å²) in [6, 6.07) is 1.19. The van der Waals surface area contributed by atoms with E-state index >= 15 is 0 Å². The van der Waals surface area contributed by atoms with Crippen LogP contribution in [0.15, 0.2) is 6.07 Å². The van der Waals surface area contributed by atoms with E-state index in [-0.39, 0.29) is 11.6 Å². The largest absolute Gasteiger partial charge is 0.464 e. The molecule has 0 saturated heterocycles. The van der Waals surface area contributed by atoms with Crippen LogP contribution in [0.25, 0.3) is 0 Å². The molecule has 0 atom stereocenters. The Labute approximate surface area is 96.4 Å². The normalized spacial score (nSPS) is 10.6. The number of alkyl halides is 3. The van der Waals surface area contributed by atoms with Gasteiger partial charge in [0.25, 0.3) is 6.43 Å². The van der Waals surface area contributed by atoms with Gasteiger partial charge in [-0.15, -0.1) is 11.6 Å². The fourth-order valence-corrected chi connectivity index (χ4v) is 1.51. The van der Waals surface area contributed by atoms with E-state index in [9.17, 15) is 13.6 Å². The van der Waals surface area contributed by atoms with Gasteiger partial charge in [0.05, 0.1) is 7.11 Å². The highest BCUT2D eigenvalue weighted by Crippen LogP contribution is 2.23. The number of halogens is 3. The Morgan fingerprint density at radius 2 is 2.25 bits per heavy atom. The molecule has 0 aromatic carbocycles. The summed E-state index contributed by atoms with van der Waals surface area (Å²) < 4.78 is 29.5. The molecular formula is C10H10ClF2NO2. The number of pyridine rings is 1. The fraction of sp³-hybridized carbons (Fsp3) is 0.400. The van der Waals surface area contributed by atoms with Gasteiger partial charge in [-0.05, 0) is 24.1 Å². The van der Waals surface area contributed by atoms with Crippen LogP contribution in [0.4, 0.5) is 8.78 Å². The van der Waals surface area contributed by atoms with Gasteiger partial charge < -0.3 is 4.74 Å². The molecule has 1 rings (SSSR count). The average Bonchev–Trinajstić information content (AvgIpc) is 2.28. The minimum absolute atomic E-state index is 0.0397. The SMILES string of the molecule is COC(=O)c1nc(C(F)F)cc(CCl)c1C. The highest BCUT2D eigenvalue weighted by molar-refractivity contribution is 6.17. The van der Waals surface area contributed by atoms with Crippen LogP contribution in [-0.4, -0.2) is 18.1 Å². The molecule has 0 bridgehead atoms. The molecule has 1 heterocycles. The van der Waals surface area contributed by atoms with Crippen molar-refractivity contribution in [2.45, 2.75) is 19.2 Å². The summed E-state index contributed by atoms with van der Waals surface area (Å²) in [6.45, 7) is 1.59. The van der Waals surface area contributed by atoms with Crippen molar-refractivity contribution in [3.05, 3.63) is 28.6 Å². The number of aromatic nitrogens is 1. The first kappa shape index (κ1) is 12.8. The van der Waals surface area contributed by atoms with Crippen molar-refractivity contribution < 1.29 is 18.3 Å². The summed E-state index contributed by atoms with van der Waals surface area (Å²) in [5.41, 5.74) is 0.330. The molecular weight excluding hydrogens is 240 g/mol. The Kier molecular flexibility index (Phi) is 4.18. The number of hydrogen-bond donors (Lipinski definition) is 0. The summed E-state index contributed by atoms with van der Waals surface area (Å²) in [7, 11) is 1.17. The molecule has 0 aliphatic rings. The summed E-state index contributed by atoms with van der Waals surface area (Å²) in [5, 5.41) is 0. The maximum Gasteiger partial charge on any atom is 0.356 e. The molecule has 0 fully saturated rings. The molecule has 0 aliphatic carbocycles. The highest BCUT2D eigenvalue weighted by Gasteiger charge is 2.19. The second-order valence-electron chi connectivity index (χ2n) is 3.11. The zero-order valence-corrected chi connectivity index (χ0v) is 9.52. The van der Waals surface area contributed by atoms with Crippen molar-refractivity contribution >= 4 is 17.6 Å². The highest BCUT2D eigenvalue weighted by atomic mass is 35.5. The predicted molar refractivity (Wildman–Crippen MR) is 54.8 cm³/mol. The minimum atomic E-state index is -2.74. The monoisotopic (exact) mass is 249 g/mol. The summed E-state index contributed by atoms with van der Waals surface area (Å²) in [4.78, 5) is 14.9. The maximum atomic E-state index is 12.5. The first-order valence-electron chi connectivity index (χ1n) is 4.44. The maximum absolute atomic E-state index is 12.5. The topological polar surface area (TPSA) is 39.2 Å². The van der Waals surface area contributed by atoms with E-state index in [1.165, 1.54) is 13.2 Å². The van der Waals surface area contributed by atoms with Crippen LogP contribution in [-0.2, 0) is 10.6 Å². The molecule has 0 radical (unpaired) electrons. The van der Waals surface area contributed by atoms with E-state index < -0.39 is 18.1 Å². The van der Waals surface area contributed by atoms with Crippen LogP contribution in [0.1, 0.15) is 33.7 Å². The van der Waals surface area contributed by atoms with Crippen LogP contribution < -0.4 is 0 Å². The molecule has 0 amide bonds. The van der Waals surface area contributed by atoms with Gasteiger partial charge in [-0.25, -0.2) is 18.6 Å². The van der Waals surface area contributed by atoms with Crippen molar-refractivity contribution in [2.75, 3.05) is 7.11 Å². The Morgan fingerprint density at radius 3 is 2.69 bits per heavy atom. The van der Waals surface area contributed by atoms with E-state index in [2.05, 4.69) is 9.72 Å². The number of carbonyl (C=O) groups excluding carboxylic acids is 1. The third kappa shape index (κ3) is 2.47. The molecule has 88 valence electrons. The van der Waals surface area contributed by atoms with Crippen molar-refractivity contribution in [3.63, 3.8) is 0 Å². The number of methoxy groups -OCH3 is 1. The molecule has 0 N–H and O–H groups in total. The smallest absolute Gasteiger partial charge is 0.356 e. The quantitative estimate of drug-likeness (QED) is 0.611. The molecule has 0 saturated carbocycles. The van der Waals surface area contributed by atoms with Crippen LogP contribution in [0.3, 0.4) is 0 Å². The summed E-state index contributed by atoms with van der Waals surface area (Å²) >= 11 is 5.60. The Balaban J connectivity index is 3.35. The number of esters is 1. The predicted octanol–water partition coefficient (Wildman–Crippen LogP) is 2.85. The van der Waals surface area contributed by atoms with Crippen molar-refractivity contribution in [1.82, 2.24) is 4.98 Å². The lowest BCUT2D eigenvalue weighted by molar-refractivity contribution is 0.0591. The number of carbonyl (C=O) groups is 1. The van der Waals surface area contributed by atoms with E-state index in [1.807, 2.05) is 0 Å². The van der Waals surface area contributed by atoms with Gasteiger partial charge in [-0.2, -0.15) is 0 Å². The fourth-order valence-electron chi connectivity index (χ4n) is 1.23. The molecule has 16 heavy (non-hydrogen) atoms. The van der Waals surface area contributed by atoms with Crippen LogP contribution in [0, 0.1) is 6.92 Å². The van der Waals surface area contributed by atoms with Crippen molar-refractivity contribution in [3.8, 4) is 0 Å². The molecule has 0 unspecified atom stereocenters. The second kappa shape index (κ2) is 5.21. The molecule has 0 spiro atoms. The van der Waals surface area contributed by atoms with Gasteiger partial charge in [0.15, 0.2) is 5.69 Å². The Morgan fingerprint density at radius 1 is 1.62 bits per heavy atom. The van der Waals surface area contributed by atoms with E-state index in [0.717, 1.165) is 0 Å². The minimum Gasteiger partial charge on any atom is -0.464 e. The lowest BCUT2D eigenvalue weighted by Crippen LogP contribution is -2.11. The first-order valence-corrected chi connectivity index (χ1v) is 4.97. The lowest BCUT2D eigenvalue weighted by atomic mass is 10.1. The van der Waals surface area contributed by atoms with Gasteiger partial charge in [0.1, 0.15) is 5.69 Å². The van der Waals surface area contributed by atoms with E-state index in [4.69, 9.17) is 11.6 Å². The first-order chi connectivity index (χ1) is 7.51.